The largest absolute Gasteiger partial charge is 0.469 e. The summed E-state index contributed by atoms with van der Waals surface area (Å²) < 4.78 is 41.5. The molecule has 0 bridgehead atoms. The van der Waals surface area contributed by atoms with Crippen LogP contribution in [0.5, 0.6) is 0 Å². The first kappa shape index (κ1) is 21.0. The summed E-state index contributed by atoms with van der Waals surface area (Å²) in [5, 5.41) is 3.03. The number of rotatable bonds is 7. The average Bonchev–Trinajstić information content (AvgIpc) is 3.43. The lowest BCUT2D eigenvalue weighted by atomic mass is 9.98. The van der Waals surface area contributed by atoms with Gasteiger partial charge in [-0.1, -0.05) is 6.07 Å². The molecule has 1 aromatic carbocycles. The number of nitrogens with zero attached hydrogens (tertiary/aromatic N) is 3. The second-order valence-corrected chi connectivity index (χ2v) is 10.1. The number of carbonyl (C=O) groups excluding carboxylic acids is 1. The number of amides is 1. The lowest BCUT2D eigenvalue weighted by Gasteiger charge is -2.31. The molecule has 1 fully saturated rings. The fourth-order valence-corrected chi connectivity index (χ4v) is 6.03. The van der Waals surface area contributed by atoms with Gasteiger partial charge in [0.2, 0.25) is 15.9 Å². The number of benzene rings is 1. The summed E-state index contributed by atoms with van der Waals surface area (Å²) in [5.41, 5.74) is 0.957. The normalized spacial score (nSPS) is 19.0. The minimum atomic E-state index is -3.75. The zero-order valence-electron chi connectivity index (χ0n) is 16.7. The van der Waals surface area contributed by atoms with Crippen molar-refractivity contribution in [2.45, 2.75) is 43.5 Å². The fourth-order valence-electron chi connectivity index (χ4n) is 3.75. The van der Waals surface area contributed by atoms with E-state index < -0.39 is 10.0 Å². The maximum Gasteiger partial charge on any atom is 0.245 e. The lowest BCUT2D eigenvalue weighted by Crippen LogP contribution is -2.47. The highest BCUT2D eigenvalue weighted by atomic mass is 32.2. The molecule has 1 amide bonds. The van der Waals surface area contributed by atoms with Crippen molar-refractivity contribution < 1.29 is 17.6 Å². The topological polar surface area (TPSA) is 105 Å². The Labute approximate surface area is 179 Å². The van der Waals surface area contributed by atoms with Gasteiger partial charge < -0.3 is 9.73 Å². The molecule has 0 radical (unpaired) electrons. The van der Waals surface area contributed by atoms with Crippen molar-refractivity contribution in [1.82, 2.24) is 18.4 Å². The Morgan fingerprint density at radius 2 is 2.20 bits per heavy atom. The first-order valence-electron chi connectivity index (χ1n) is 9.99. The van der Waals surface area contributed by atoms with Gasteiger partial charge in [-0.05, 0) is 50.5 Å². The summed E-state index contributed by atoms with van der Waals surface area (Å²) in [6.45, 7) is 2.52. The van der Waals surface area contributed by atoms with Crippen molar-refractivity contribution >= 4 is 38.7 Å². The number of aryl methyl sites for hydroxylation is 1. The molecule has 3 heterocycles. The molecule has 1 saturated heterocycles. The number of piperidine rings is 1. The number of hydrogen-bond acceptors (Lipinski definition) is 7. The quantitative estimate of drug-likeness (QED) is 0.596. The van der Waals surface area contributed by atoms with E-state index in [-0.39, 0.29) is 29.3 Å². The van der Waals surface area contributed by atoms with Crippen LogP contribution >= 0.6 is 11.7 Å². The first-order valence-corrected chi connectivity index (χ1v) is 12.2. The van der Waals surface area contributed by atoms with Crippen LogP contribution in [0.2, 0.25) is 0 Å². The van der Waals surface area contributed by atoms with Gasteiger partial charge in [-0.2, -0.15) is 13.1 Å². The number of sulfonamides is 1. The maximum atomic E-state index is 13.2. The molecule has 3 aromatic rings. The molecule has 10 heteroatoms. The number of carbonyl (C=O) groups is 1. The second-order valence-electron chi connectivity index (χ2n) is 7.62. The summed E-state index contributed by atoms with van der Waals surface area (Å²) in [6.07, 6.45) is 4.45. The van der Waals surface area contributed by atoms with E-state index in [1.807, 2.05) is 19.1 Å². The number of nitrogens with one attached hydrogen (secondary N) is 1. The highest BCUT2D eigenvalue weighted by Gasteiger charge is 2.34. The molecule has 30 heavy (non-hydrogen) atoms. The van der Waals surface area contributed by atoms with Crippen molar-refractivity contribution in [1.29, 1.82) is 0 Å². The highest BCUT2D eigenvalue weighted by molar-refractivity contribution is 7.89. The van der Waals surface area contributed by atoms with Crippen LogP contribution in [0.4, 0.5) is 0 Å². The molecule has 0 saturated carbocycles. The van der Waals surface area contributed by atoms with Gasteiger partial charge in [-0.25, -0.2) is 8.42 Å². The van der Waals surface area contributed by atoms with Crippen LogP contribution in [0, 0.1) is 5.92 Å². The monoisotopic (exact) mass is 448 g/mol. The lowest BCUT2D eigenvalue weighted by molar-refractivity contribution is -0.126. The van der Waals surface area contributed by atoms with Crippen molar-refractivity contribution in [3.05, 3.63) is 42.4 Å². The van der Waals surface area contributed by atoms with Gasteiger partial charge >= 0.3 is 0 Å². The third-order valence-corrected chi connectivity index (χ3v) is 7.85. The highest BCUT2D eigenvalue weighted by Crippen LogP contribution is 2.28. The Kier molecular flexibility index (Phi) is 6.16. The van der Waals surface area contributed by atoms with Crippen molar-refractivity contribution in [2.75, 3.05) is 13.1 Å². The van der Waals surface area contributed by atoms with E-state index in [1.54, 1.807) is 24.5 Å². The Bertz CT molecular complexity index is 1110. The van der Waals surface area contributed by atoms with E-state index in [0.29, 0.717) is 30.4 Å². The summed E-state index contributed by atoms with van der Waals surface area (Å²) in [6, 6.07) is 8.71. The number of furan rings is 1. The molecule has 1 aliphatic heterocycles. The number of aromatic nitrogens is 2. The standard InChI is InChI=1S/C20H24N4O4S2/c1-14(9-10-16-6-4-12-28-16)21-20(25)15-5-3-11-24(13-15)30(26,27)18-8-2-7-17-19(18)23-29-22-17/h2,4,6-8,12,14-15H,3,5,9-11,13H2,1H3,(H,21,25). The molecule has 2 unspecified atom stereocenters. The predicted octanol–water partition coefficient (Wildman–Crippen LogP) is 2.82. The number of hydrogen-bond donors (Lipinski definition) is 1. The zero-order valence-corrected chi connectivity index (χ0v) is 18.3. The Morgan fingerprint density at radius 3 is 3.00 bits per heavy atom. The van der Waals surface area contributed by atoms with Crippen LogP contribution < -0.4 is 5.32 Å². The van der Waals surface area contributed by atoms with Crippen LogP contribution in [0.25, 0.3) is 11.0 Å². The molecule has 0 aliphatic carbocycles. The molecule has 1 aliphatic rings. The molecular formula is C20H24N4O4S2. The SMILES string of the molecule is CC(CCc1ccco1)NC(=O)C1CCCN(S(=O)(=O)c2cccc3nsnc23)C1. The van der Waals surface area contributed by atoms with Crippen LogP contribution in [0.1, 0.15) is 31.9 Å². The van der Waals surface area contributed by atoms with E-state index in [9.17, 15) is 13.2 Å². The molecule has 160 valence electrons. The minimum absolute atomic E-state index is 0.0237. The zero-order chi connectivity index (χ0) is 21.1. The maximum absolute atomic E-state index is 13.2. The van der Waals surface area contributed by atoms with E-state index in [0.717, 1.165) is 30.3 Å². The van der Waals surface area contributed by atoms with Gasteiger partial charge in [0.25, 0.3) is 0 Å². The van der Waals surface area contributed by atoms with E-state index in [1.165, 1.54) is 4.31 Å². The molecular weight excluding hydrogens is 424 g/mol. The van der Waals surface area contributed by atoms with Crippen LogP contribution in [-0.2, 0) is 21.2 Å². The smallest absolute Gasteiger partial charge is 0.245 e. The van der Waals surface area contributed by atoms with Crippen molar-refractivity contribution in [2.24, 2.45) is 5.92 Å². The van der Waals surface area contributed by atoms with Gasteiger partial charge in [0, 0.05) is 25.6 Å². The Balaban J connectivity index is 1.41. The molecule has 0 spiro atoms. The summed E-state index contributed by atoms with van der Waals surface area (Å²) in [5.74, 6) is 0.416. The second kappa shape index (κ2) is 8.83. The Morgan fingerprint density at radius 1 is 1.33 bits per heavy atom. The summed E-state index contributed by atoms with van der Waals surface area (Å²) in [4.78, 5) is 12.9. The molecule has 2 atom stereocenters. The molecule has 2 aromatic heterocycles. The predicted molar refractivity (Wildman–Crippen MR) is 114 cm³/mol. The van der Waals surface area contributed by atoms with E-state index in [2.05, 4.69) is 14.1 Å². The molecule has 8 nitrogen and oxygen atoms in total. The van der Waals surface area contributed by atoms with Crippen molar-refractivity contribution in [3.8, 4) is 0 Å². The van der Waals surface area contributed by atoms with Gasteiger partial charge in [-0.3, -0.25) is 4.79 Å². The molecule has 4 rings (SSSR count). The van der Waals surface area contributed by atoms with Gasteiger partial charge in [-0.15, -0.1) is 0 Å². The Hall–Kier alpha value is -2.30. The van der Waals surface area contributed by atoms with Gasteiger partial charge in [0.1, 0.15) is 21.7 Å². The van der Waals surface area contributed by atoms with Crippen LogP contribution in [-0.4, -0.2) is 46.5 Å². The number of fused-ring (bicyclic) bond motifs is 1. The fraction of sp³-hybridized carbons (Fsp3) is 0.450. The first-order chi connectivity index (χ1) is 14.4. The van der Waals surface area contributed by atoms with Crippen LogP contribution in [0.3, 0.4) is 0 Å². The van der Waals surface area contributed by atoms with Gasteiger partial charge in [0.05, 0.1) is 23.9 Å². The van der Waals surface area contributed by atoms with Gasteiger partial charge in [0.15, 0.2) is 0 Å². The van der Waals surface area contributed by atoms with Crippen molar-refractivity contribution in [3.63, 3.8) is 0 Å². The molecule has 1 N–H and O–H groups in total. The van der Waals surface area contributed by atoms with E-state index >= 15 is 0 Å². The summed E-state index contributed by atoms with van der Waals surface area (Å²) in [7, 11) is -3.75. The summed E-state index contributed by atoms with van der Waals surface area (Å²) >= 11 is 0.992. The average molecular weight is 449 g/mol. The van der Waals surface area contributed by atoms with Crippen LogP contribution in [0.15, 0.2) is 45.9 Å². The van der Waals surface area contributed by atoms with E-state index in [4.69, 9.17) is 4.42 Å². The third-order valence-electron chi connectivity index (χ3n) is 5.41. The minimum Gasteiger partial charge on any atom is -0.469 e. The third kappa shape index (κ3) is 4.40.